The van der Waals surface area contributed by atoms with Crippen molar-refractivity contribution in [1.29, 1.82) is 0 Å². The number of carbonyl (C=O) groups is 1. The minimum Gasteiger partial charge on any atom is -0.339 e. The number of hydrogen-bond acceptors (Lipinski definition) is 5. The summed E-state index contributed by atoms with van der Waals surface area (Å²) in [6, 6.07) is 6.54. The molecule has 1 aromatic carbocycles. The SMILES string of the molecule is O=C(Nc1ccc(F)c(F)c1F)N1CCC(c2nc(-c3ccccn3)no2)CC1. The van der Waals surface area contributed by atoms with Gasteiger partial charge >= 0.3 is 6.03 Å². The third-order valence-corrected chi connectivity index (χ3v) is 4.74. The van der Waals surface area contributed by atoms with Crippen LogP contribution < -0.4 is 5.32 Å². The first kappa shape index (κ1) is 18.9. The number of nitrogens with zero attached hydrogens (tertiary/aromatic N) is 4. The van der Waals surface area contributed by atoms with Gasteiger partial charge in [-0.3, -0.25) is 4.98 Å². The molecule has 4 rings (SSSR count). The summed E-state index contributed by atoms with van der Waals surface area (Å²) in [6.45, 7) is 0.728. The normalized spacial score (nSPS) is 14.8. The third-order valence-electron chi connectivity index (χ3n) is 4.74. The summed E-state index contributed by atoms with van der Waals surface area (Å²) >= 11 is 0. The molecule has 0 bridgehead atoms. The van der Waals surface area contributed by atoms with Gasteiger partial charge in [0.15, 0.2) is 17.5 Å². The highest BCUT2D eigenvalue weighted by atomic mass is 19.2. The zero-order chi connectivity index (χ0) is 20.4. The number of hydrogen-bond donors (Lipinski definition) is 1. The van der Waals surface area contributed by atoms with Crippen molar-refractivity contribution in [2.45, 2.75) is 18.8 Å². The largest absolute Gasteiger partial charge is 0.339 e. The minimum absolute atomic E-state index is 0.0241. The second-order valence-corrected chi connectivity index (χ2v) is 6.59. The maximum Gasteiger partial charge on any atom is 0.321 e. The van der Waals surface area contributed by atoms with Crippen LogP contribution in [0.4, 0.5) is 23.7 Å². The molecular formula is C19H16F3N5O2. The lowest BCUT2D eigenvalue weighted by Crippen LogP contribution is -2.40. The highest BCUT2D eigenvalue weighted by Crippen LogP contribution is 2.29. The highest BCUT2D eigenvalue weighted by molar-refractivity contribution is 5.89. The summed E-state index contributed by atoms with van der Waals surface area (Å²) in [7, 11) is 0. The van der Waals surface area contributed by atoms with Crippen molar-refractivity contribution in [2.75, 3.05) is 18.4 Å². The molecule has 3 aromatic rings. The Morgan fingerprint density at radius 2 is 1.90 bits per heavy atom. The van der Waals surface area contributed by atoms with Crippen LogP contribution in [0.3, 0.4) is 0 Å². The quantitative estimate of drug-likeness (QED) is 0.670. The molecule has 1 aliphatic rings. The Morgan fingerprint density at radius 3 is 2.62 bits per heavy atom. The molecule has 1 N–H and O–H groups in total. The summed E-state index contributed by atoms with van der Waals surface area (Å²) in [5.41, 5.74) is 0.195. The van der Waals surface area contributed by atoms with Crippen LogP contribution in [-0.4, -0.2) is 39.1 Å². The third kappa shape index (κ3) is 3.91. The number of urea groups is 1. The second-order valence-electron chi connectivity index (χ2n) is 6.59. The molecule has 0 saturated carbocycles. The molecule has 2 aromatic heterocycles. The Bertz CT molecular complexity index is 1020. The van der Waals surface area contributed by atoms with Crippen LogP contribution in [0, 0.1) is 17.5 Å². The predicted molar refractivity (Wildman–Crippen MR) is 96.4 cm³/mol. The lowest BCUT2D eigenvalue weighted by molar-refractivity contribution is 0.187. The molecule has 1 fully saturated rings. The van der Waals surface area contributed by atoms with Crippen LogP contribution in [0.1, 0.15) is 24.7 Å². The number of amides is 2. The molecule has 150 valence electrons. The van der Waals surface area contributed by atoms with Crippen LogP contribution in [0.15, 0.2) is 41.1 Å². The van der Waals surface area contributed by atoms with Gasteiger partial charge in [-0.05, 0) is 37.1 Å². The number of nitrogens with one attached hydrogen (secondary N) is 1. The van der Waals surface area contributed by atoms with Crippen LogP contribution in [0.2, 0.25) is 0 Å². The summed E-state index contributed by atoms with van der Waals surface area (Å²) in [5, 5.41) is 6.22. The standard InChI is InChI=1S/C19H16F3N5O2/c20-12-4-5-13(16(22)15(12)21)24-19(28)27-9-6-11(7-10-27)18-25-17(26-29-18)14-3-1-2-8-23-14/h1-5,8,11H,6-7,9-10H2,(H,24,28). The van der Waals surface area contributed by atoms with Crippen LogP contribution in [0.5, 0.6) is 0 Å². The summed E-state index contributed by atoms with van der Waals surface area (Å²) in [4.78, 5) is 22.3. The van der Waals surface area contributed by atoms with Gasteiger partial charge in [0.05, 0.1) is 5.69 Å². The topological polar surface area (TPSA) is 84.2 Å². The molecule has 3 heterocycles. The zero-order valence-electron chi connectivity index (χ0n) is 15.1. The fraction of sp³-hybridized carbons (Fsp3) is 0.263. The van der Waals surface area contributed by atoms with Gasteiger partial charge in [0.2, 0.25) is 11.7 Å². The molecule has 7 nitrogen and oxygen atoms in total. The smallest absolute Gasteiger partial charge is 0.321 e. The summed E-state index contributed by atoms with van der Waals surface area (Å²) in [5.74, 6) is -3.52. The van der Waals surface area contributed by atoms with E-state index >= 15 is 0 Å². The van der Waals surface area contributed by atoms with Crippen molar-refractivity contribution in [2.24, 2.45) is 0 Å². The Balaban J connectivity index is 1.37. The van der Waals surface area contributed by atoms with Crippen molar-refractivity contribution in [3.63, 3.8) is 0 Å². The Kier molecular flexibility index (Phi) is 5.15. The van der Waals surface area contributed by atoms with Gasteiger partial charge in [-0.2, -0.15) is 4.98 Å². The molecular weight excluding hydrogens is 387 g/mol. The Hall–Kier alpha value is -3.43. The van der Waals surface area contributed by atoms with Gasteiger partial charge in [0.1, 0.15) is 5.69 Å². The van der Waals surface area contributed by atoms with E-state index in [2.05, 4.69) is 20.4 Å². The van der Waals surface area contributed by atoms with Gasteiger partial charge in [-0.1, -0.05) is 11.2 Å². The summed E-state index contributed by atoms with van der Waals surface area (Å²) < 4.78 is 45.4. The highest BCUT2D eigenvalue weighted by Gasteiger charge is 2.28. The first-order chi connectivity index (χ1) is 14.0. The van der Waals surface area contributed by atoms with Gasteiger partial charge in [-0.15, -0.1) is 0 Å². The van der Waals surface area contributed by atoms with Gasteiger partial charge in [-0.25, -0.2) is 18.0 Å². The number of anilines is 1. The number of likely N-dealkylation sites (tertiary alicyclic amines) is 1. The van der Waals surface area contributed by atoms with E-state index in [4.69, 9.17) is 4.52 Å². The number of rotatable bonds is 3. The van der Waals surface area contributed by atoms with Gasteiger partial charge in [0.25, 0.3) is 0 Å². The number of aromatic nitrogens is 3. The molecule has 29 heavy (non-hydrogen) atoms. The van der Waals surface area contributed by atoms with E-state index in [1.165, 1.54) is 4.90 Å². The molecule has 1 aliphatic heterocycles. The Labute approximate surface area is 163 Å². The molecule has 0 unspecified atom stereocenters. The van der Waals surface area contributed by atoms with E-state index < -0.39 is 29.2 Å². The first-order valence-corrected chi connectivity index (χ1v) is 8.97. The number of piperidine rings is 1. The van der Waals surface area contributed by atoms with Crippen molar-refractivity contribution in [3.8, 4) is 11.5 Å². The Morgan fingerprint density at radius 1 is 1.10 bits per heavy atom. The van der Waals surface area contributed by atoms with E-state index in [1.54, 1.807) is 18.3 Å². The lowest BCUT2D eigenvalue weighted by atomic mass is 9.97. The fourth-order valence-electron chi connectivity index (χ4n) is 3.15. The van der Waals surface area contributed by atoms with Crippen LogP contribution in [-0.2, 0) is 0 Å². The van der Waals surface area contributed by atoms with Crippen LogP contribution >= 0.6 is 0 Å². The molecule has 1 saturated heterocycles. The zero-order valence-corrected chi connectivity index (χ0v) is 15.1. The maximum atomic E-state index is 13.7. The average Bonchev–Trinajstić information content (AvgIpc) is 3.25. The molecule has 2 amide bonds. The minimum atomic E-state index is -1.62. The van der Waals surface area contributed by atoms with Crippen molar-refractivity contribution >= 4 is 11.7 Å². The molecule has 10 heteroatoms. The van der Waals surface area contributed by atoms with E-state index in [-0.39, 0.29) is 5.92 Å². The number of carbonyl (C=O) groups excluding carboxylic acids is 1. The van der Waals surface area contributed by atoms with Crippen molar-refractivity contribution in [3.05, 3.63) is 59.9 Å². The van der Waals surface area contributed by atoms with E-state index in [0.29, 0.717) is 43.3 Å². The van der Waals surface area contributed by atoms with Gasteiger partial charge < -0.3 is 14.7 Å². The second kappa shape index (κ2) is 7.90. The number of benzene rings is 1. The first-order valence-electron chi connectivity index (χ1n) is 8.97. The van der Waals surface area contributed by atoms with Crippen LogP contribution in [0.25, 0.3) is 11.5 Å². The molecule has 0 atom stereocenters. The molecule has 0 aliphatic carbocycles. The monoisotopic (exact) mass is 403 g/mol. The number of halogens is 3. The average molecular weight is 403 g/mol. The maximum absolute atomic E-state index is 13.7. The molecule has 0 spiro atoms. The summed E-state index contributed by atoms with van der Waals surface area (Å²) in [6.07, 6.45) is 2.77. The fourth-order valence-corrected chi connectivity index (χ4v) is 3.15. The molecule has 0 radical (unpaired) electrons. The lowest BCUT2D eigenvalue weighted by Gasteiger charge is -2.30. The van der Waals surface area contributed by atoms with E-state index in [0.717, 1.165) is 12.1 Å². The van der Waals surface area contributed by atoms with Gasteiger partial charge in [0, 0.05) is 25.2 Å². The van der Waals surface area contributed by atoms with Crippen molar-refractivity contribution in [1.82, 2.24) is 20.0 Å². The number of pyridine rings is 1. The van der Waals surface area contributed by atoms with E-state index in [1.807, 2.05) is 6.07 Å². The predicted octanol–water partition coefficient (Wildman–Crippen LogP) is 3.96. The van der Waals surface area contributed by atoms with E-state index in [9.17, 15) is 18.0 Å². The van der Waals surface area contributed by atoms with Crippen molar-refractivity contribution < 1.29 is 22.5 Å².